The van der Waals surface area contributed by atoms with Gasteiger partial charge in [0, 0.05) is 11.2 Å². The topological polar surface area (TPSA) is 52.0 Å². The van der Waals surface area contributed by atoms with Gasteiger partial charge >= 0.3 is 0 Å². The lowest BCUT2D eigenvalue weighted by Crippen LogP contribution is -2.45. The van der Waals surface area contributed by atoms with Gasteiger partial charge in [0.15, 0.2) is 0 Å². The van der Waals surface area contributed by atoms with Crippen LogP contribution in [-0.4, -0.2) is 5.54 Å². The molecule has 1 atom stereocenters. The summed E-state index contributed by atoms with van der Waals surface area (Å²) in [5.74, 6) is 0.563. The summed E-state index contributed by atoms with van der Waals surface area (Å²) in [6.45, 7) is 4.39. The number of hydrogen-bond donors (Lipinski definition) is 2. The van der Waals surface area contributed by atoms with E-state index in [9.17, 15) is 0 Å². The molecule has 1 aliphatic carbocycles. The predicted octanol–water partition coefficient (Wildman–Crippen LogP) is 1.92. The van der Waals surface area contributed by atoms with Gasteiger partial charge in [-0.1, -0.05) is 38.8 Å². The van der Waals surface area contributed by atoms with Gasteiger partial charge in [0.25, 0.3) is 0 Å². The lowest BCUT2D eigenvalue weighted by atomic mass is 9.76. The molecule has 2 heteroatoms. The molecule has 0 saturated heterocycles. The van der Waals surface area contributed by atoms with E-state index in [2.05, 4.69) is 19.9 Å². The van der Waals surface area contributed by atoms with Crippen LogP contribution in [0.1, 0.15) is 33.1 Å². The van der Waals surface area contributed by atoms with E-state index in [1.165, 1.54) is 0 Å². The fourth-order valence-corrected chi connectivity index (χ4v) is 2.03. The van der Waals surface area contributed by atoms with Crippen molar-refractivity contribution in [1.82, 2.24) is 0 Å². The Kier molecular flexibility index (Phi) is 3.15. The summed E-state index contributed by atoms with van der Waals surface area (Å²) in [5.41, 5.74) is 12.6. The van der Waals surface area contributed by atoms with Crippen molar-refractivity contribution < 1.29 is 0 Å². The maximum absolute atomic E-state index is 6.30. The second kappa shape index (κ2) is 3.97. The molecule has 1 aliphatic rings. The smallest absolute Gasteiger partial charge is 0.0407 e. The van der Waals surface area contributed by atoms with E-state index in [1.54, 1.807) is 0 Å². The second-order valence-electron chi connectivity index (χ2n) is 3.87. The van der Waals surface area contributed by atoms with Gasteiger partial charge in [0.2, 0.25) is 0 Å². The Morgan fingerprint density at radius 2 is 2.08 bits per heavy atom. The SMILES string of the molecule is CCC(CC)C1(N)C=CC(N)=CC1. The molecule has 0 aromatic heterocycles. The van der Waals surface area contributed by atoms with E-state index in [0.29, 0.717) is 5.92 Å². The van der Waals surface area contributed by atoms with Gasteiger partial charge in [-0.05, 0) is 18.4 Å². The van der Waals surface area contributed by atoms with Crippen LogP contribution >= 0.6 is 0 Å². The van der Waals surface area contributed by atoms with E-state index >= 15 is 0 Å². The van der Waals surface area contributed by atoms with Crippen molar-refractivity contribution in [3.63, 3.8) is 0 Å². The molecule has 2 nitrogen and oxygen atoms in total. The molecule has 0 bridgehead atoms. The summed E-state index contributed by atoms with van der Waals surface area (Å²) in [4.78, 5) is 0. The Morgan fingerprint density at radius 3 is 2.46 bits per heavy atom. The summed E-state index contributed by atoms with van der Waals surface area (Å²) in [5, 5.41) is 0. The lowest BCUT2D eigenvalue weighted by molar-refractivity contribution is 0.312. The molecule has 1 rings (SSSR count). The van der Waals surface area contributed by atoms with Crippen LogP contribution in [-0.2, 0) is 0 Å². The van der Waals surface area contributed by atoms with Crippen molar-refractivity contribution in [1.29, 1.82) is 0 Å². The van der Waals surface area contributed by atoms with Gasteiger partial charge in [0.05, 0.1) is 0 Å². The monoisotopic (exact) mass is 180 g/mol. The third-order valence-electron chi connectivity index (χ3n) is 3.02. The molecule has 0 fully saturated rings. The Labute approximate surface area is 80.7 Å². The fourth-order valence-electron chi connectivity index (χ4n) is 2.03. The van der Waals surface area contributed by atoms with Crippen molar-refractivity contribution in [3.8, 4) is 0 Å². The van der Waals surface area contributed by atoms with Crippen LogP contribution < -0.4 is 11.5 Å². The standard InChI is InChI=1S/C11H20N2/c1-3-9(4-2)11(13)7-5-10(12)6-8-11/h5-7,9H,3-4,8,12-13H2,1-2H3. The molecule has 0 spiro atoms. The first-order valence-electron chi connectivity index (χ1n) is 5.06. The molecule has 0 saturated carbocycles. The highest BCUT2D eigenvalue weighted by molar-refractivity contribution is 5.27. The van der Waals surface area contributed by atoms with E-state index in [-0.39, 0.29) is 5.54 Å². The van der Waals surface area contributed by atoms with Crippen LogP contribution in [0.25, 0.3) is 0 Å². The summed E-state index contributed by atoms with van der Waals surface area (Å²) in [6, 6.07) is 0. The Balaban J connectivity index is 2.73. The van der Waals surface area contributed by atoms with Crippen molar-refractivity contribution in [3.05, 3.63) is 23.9 Å². The van der Waals surface area contributed by atoms with Crippen LogP contribution in [0.4, 0.5) is 0 Å². The summed E-state index contributed by atoms with van der Waals surface area (Å²) >= 11 is 0. The van der Waals surface area contributed by atoms with Crippen molar-refractivity contribution in [2.75, 3.05) is 0 Å². The third-order valence-corrected chi connectivity index (χ3v) is 3.02. The Bertz CT molecular complexity index is 226. The zero-order valence-corrected chi connectivity index (χ0v) is 8.59. The van der Waals surface area contributed by atoms with Gasteiger partial charge in [-0.3, -0.25) is 0 Å². The molecular formula is C11H20N2. The van der Waals surface area contributed by atoms with Gasteiger partial charge in [-0.15, -0.1) is 0 Å². The first kappa shape index (κ1) is 10.3. The highest BCUT2D eigenvalue weighted by atomic mass is 14.8. The minimum atomic E-state index is -0.160. The molecule has 0 amide bonds. The molecular weight excluding hydrogens is 160 g/mol. The van der Waals surface area contributed by atoms with Crippen molar-refractivity contribution in [2.45, 2.75) is 38.6 Å². The first-order valence-corrected chi connectivity index (χ1v) is 5.06. The van der Waals surface area contributed by atoms with E-state index in [0.717, 1.165) is 25.0 Å². The molecule has 0 radical (unpaired) electrons. The van der Waals surface area contributed by atoms with E-state index in [4.69, 9.17) is 11.5 Å². The van der Waals surface area contributed by atoms with Crippen LogP contribution in [0.5, 0.6) is 0 Å². The molecule has 1 unspecified atom stereocenters. The summed E-state index contributed by atoms with van der Waals surface area (Å²) in [7, 11) is 0. The summed E-state index contributed by atoms with van der Waals surface area (Å²) in [6.07, 6.45) is 9.16. The average molecular weight is 180 g/mol. The molecule has 74 valence electrons. The molecule has 13 heavy (non-hydrogen) atoms. The van der Waals surface area contributed by atoms with Crippen LogP contribution in [0.2, 0.25) is 0 Å². The minimum Gasteiger partial charge on any atom is -0.399 e. The quantitative estimate of drug-likeness (QED) is 0.697. The zero-order valence-electron chi connectivity index (χ0n) is 8.59. The normalized spacial score (nSPS) is 27.8. The maximum Gasteiger partial charge on any atom is 0.0407 e. The van der Waals surface area contributed by atoms with Gasteiger partial charge in [0.1, 0.15) is 0 Å². The van der Waals surface area contributed by atoms with Gasteiger partial charge in [-0.2, -0.15) is 0 Å². The molecule has 0 aliphatic heterocycles. The summed E-state index contributed by atoms with van der Waals surface area (Å²) < 4.78 is 0. The van der Waals surface area contributed by atoms with Crippen LogP contribution in [0.3, 0.4) is 0 Å². The zero-order chi connectivity index (χ0) is 9.90. The van der Waals surface area contributed by atoms with E-state index in [1.807, 2.05) is 12.2 Å². The Hall–Kier alpha value is -0.760. The number of hydrogen-bond acceptors (Lipinski definition) is 2. The Morgan fingerprint density at radius 1 is 1.46 bits per heavy atom. The fraction of sp³-hybridized carbons (Fsp3) is 0.636. The van der Waals surface area contributed by atoms with Crippen LogP contribution in [0, 0.1) is 5.92 Å². The third kappa shape index (κ3) is 2.13. The van der Waals surface area contributed by atoms with E-state index < -0.39 is 0 Å². The molecule has 0 aromatic rings. The molecule has 0 heterocycles. The largest absolute Gasteiger partial charge is 0.399 e. The van der Waals surface area contributed by atoms with Gasteiger partial charge < -0.3 is 11.5 Å². The maximum atomic E-state index is 6.30. The van der Waals surface area contributed by atoms with Crippen molar-refractivity contribution >= 4 is 0 Å². The highest BCUT2D eigenvalue weighted by Gasteiger charge is 2.30. The average Bonchev–Trinajstić information content (AvgIpc) is 2.13. The molecule has 0 aromatic carbocycles. The second-order valence-corrected chi connectivity index (χ2v) is 3.87. The van der Waals surface area contributed by atoms with Crippen LogP contribution in [0.15, 0.2) is 23.9 Å². The highest BCUT2D eigenvalue weighted by Crippen LogP contribution is 2.29. The number of nitrogens with two attached hydrogens (primary N) is 2. The first-order chi connectivity index (χ1) is 6.12. The van der Waals surface area contributed by atoms with Crippen molar-refractivity contribution in [2.24, 2.45) is 17.4 Å². The van der Waals surface area contributed by atoms with Gasteiger partial charge in [-0.25, -0.2) is 0 Å². The number of allylic oxidation sites excluding steroid dienone is 1. The predicted molar refractivity (Wildman–Crippen MR) is 57.0 cm³/mol. The molecule has 4 N–H and O–H groups in total. The number of rotatable bonds is 3. The lowest BCUT2D eigenvalue weighted by Gasteiger charge is -2.35. The minimum absolute atomic E-state index is 0.160.